The lowest BCUT2D eigenvalue weighted by atomic mass is 9.87. The Morgan fingerprint density at radius 1 is 0.905 bits per heavy atom. The number of aromatic hydroxyl groups is 1. The number of nitrogens with zero attached hydrogens (tertiary/aromatic N) is 7. The molecule has 332 valence electrons. The second-order valence-electron chi connectivity index (χ2n) is 17.5. The molecule has 16 heteroatoms. The zero-order chi connectivity index (χ0) is 43.6. The highest BCUT2D eigenvalue weighted by atomic mass is 16.5. The van der Waals surface area contributed by atoms with Gasteiger partial charge in [0.2, 0.25) is 17.7 Å². The molecule has 1 aromatic heterocycles. The Kier molecular flexibility index (Phi) is 12.3. The molecule has 5 N–H and O–H groups in total. The minimum Gasteiger partial charge on any atom is -0.507 e. The van der Waals surface area contributed by atoms with Gasteiger partial charge in [-0.25, -0.2) is 0 Å². The molecule has 0 radical (unpaired) electrons. The summed E-state index contributed by atoms with van der Waals surface area (Å²) in [5.41, 5.74) is 11.2. The lowest BCUT2D eigenvalue weighted by Crippen LogP contribution is -2.59. The lowest BCUT2D eigenvalue weighted by molar-refractivity contribution is -0.135. The van der Waals surface area contributed by atoms with Gasteiger partial charge in [-0.2, -0.15) is 0 Å². The van der Waals surface area contributed by atoms with Gasteiger partial charge in [0.05, 0.1) is 42.8 Å². The van der Waals surface area contributed by atoms with E-state index in [9.17, 15) is 24.6 Å². The number of ether oxygens (including phenoxy) is 2. The van der Waals surface area contributed by atoms with Crippen LogP contribution < -0.4 is 35.2 Å². The number of phenols is 1. The number of fused-ring (bicyclic) bond motifs is 1. The number of para-hydroxylation sites is 2. The molecule has 3 atom stereocenters. The number of carbonyl (C=O) groups is 3. The first-order valence-electron chi connectivity index (χ1n) is 22.3. The number of amides is 3. The third-order valence-corrected chi connectivity index (χ3v) is 13.4. The minimum absolute atomic E-state index is 0.00261. The van der Waals surface area contributed by atoms with Gasteiger partial charge in [-0.15, -0.1) is 10.2 Å². The van der Waals surface area contributed by atoms with Crippen LogP contribution in [0.1, 0.15) is 56.9 Å². The number of hydrogen-bond donors (Lipinski definition) is 4. The number of aliphatic hydroxyl groups is 1. The maximum absolute atomic E-state index is 13.6. The Bertz CT molecular complexity index is 2310. The van der Waals surface area contributed by atoms with E-state index in [1.165, 1.54) is 0 Å². The molecule has 4 fully saturated rings. The number of benzene rings is 3. The molecular formula is C47H57N9O7. The number of carbonyl (C=O) groups excluding carboxylic acids is 3. The van der Waals surface area contributed by atoms with Gasteiger partial charge >= 0.3 is 0 Å². The normalized spacial score (nSPS) is 22.7. The number of rotatable bonds is 10. The number of nitrogen functional groups attached to an aromatic ring is 1. The van der Waals surface area contributed by atoms with Crippen LogP contribution in [0, 0.1) is 0 Å². The summed E-state index contributed by atoms with van der Waals surface area (Å²) in [6.45, 7) is 7.56. The quantitative estimate of drug-likeness (QED) is 0.169. The van der Waals surface area contributed by atoms with Gasteiger partial charge in [-0.1, -0.05) is 30.3 Å². The van der Waals surface area contributed by atoms with E-state index < -0.39 is 0 Å². The van der Waals surface area contributed by atoms with Crippen LogP contribution in [0.2, 0.25) is 0 Å². The van der Waals surface area contributed by atoms with Crippen molar-refractivity contribution < 1.29 is 34.1 Å². The lowest BCUT2D eigenvalue weighted by Gasteiger charge is -2.47. The number of anilines is 4. The summed E-state index contributed by atoms with van der Waals surface area (Å²) in [5, 5.41) is 32.0. The molecule has 5 aliphatic rings. The summed E-state index contributed by atoms with van der Waals surface area (Å²) < 4.78 is 12.8. The fourth-order valence-electron chi connectivity index (χ4n) is 10.2. The van der Waals surface area contributed by atoms with Gasteiger partial charge in [0.1, 0.15) is 36.0 Å². The predicted octanol–water partition coefficient (Wildman–Crippen LogP) is 3.76. The van der Waals surface area contributed by atoms with Crippen molar-refractivity contribution in [3.63, 3.8) is 0 Å². The average molecular weight is 860 g/mol. The topological polar surface area (TPSA) is 190 Å². The number of piperazine rings is 1. The number of nitrogens with two attached hydrogens (primary N) is 1. The van der Waals surface area contributed by atoms with Gasteiger partial charge in [0.25, 0.3) is 0 Å². The second-order valence-corrected chi connectivity index (χ2v) is 17.5. The molecular weight excluding hydrogens is 803 g/mol. The Morgan fingerprint density at radius 2 is 1.70 bits per heavy atom. The van der Waals surface area contributed by atoms with E-state index >= 15 is 0 Å². The van der Waals surface area contributed by atoms with Crippen molar-refractivity contribution in [2.75, 3.05) is 86.0 Å². The van der Waals surface area contributed by atoms with Crippen LogP contribution in [0.15, 0.2) is 72.8 Å². The van der Waals surface area contributed by atoms with Crippen molar-refractivity contribution in [1.82, 2.24) is 25.3 Å². The van der Waals surface area contributed by atoms with E-state index in [0.29, 0.717) is 75.7 Å². The van der Waals surface area contributed by atoms with E-state index in [0.717, 1.165) is 67.2 Å². The van der Waals surface area contributed by atoms with Crippen LogP contribution >= 0.6 is 0 Å². The molecule has 9 rings (SSSR count). The maximum atomic E-state index is 13.6. The molecule has 63 heavy (non-hydrogen) atoms. The second kappa shape index (κ2) is 18.3. The summed E-state index contributed by atoms with van der Waals surface area (Å²) in [6.07, 6.45) is 4.12. The third-order valence-electron chi connectivity index (χ3n) is 13.4. The highest BCUT2D eigenvalue weighted by molar-refractivity contribution is 6.02. The number of aliphatic hydroxyl groups excluding tert-OH is 1. The fraction of sp³-hybridized carbons (Fsp3) is 0.468. The maximum Gasteiger partial charge on any atom is 0.249 e. The smallest absolute Gasteiger partial charge is 0.249 e. The Balaban J connectivity index is 0.760. The summed E-state index contributed by atoms with van der Waals surface area (Å²) in [4.78, 5) is 48.8. The summed E-state index contributed by atoms with van der Waals surface area (Å²) >= 11 is 0. The molecule has 0 aliphatic carbocycles. The molecule has 0 saturated carbocycles. The van der Waals surface area contributed by atoms with Crippen LogP contribution in [-0.4, -0.2) is 138 Å². The van der Waals surface area contributed by atoms with E-state index in [1.54, 1.807) is 18.2 Å². The van der Waals surface area contributed by atoms with E-state index in [1.807, 2.05) is 53.4 Å². The SMILES string of the molecule is CC1CN(c2cc(-c3ccccc3O)nnc2N)CC(CO)N1c1cccc(OC2CCN(C(=O)CN3CCC(c4cccc5c4OCCN5C4CCC(=O)NC4=O)CC3)CC2)c1. The average Bonchev–Trinajstić information content (AvgIpc) is 3.29. The molecule has 3 amide bonds. The molecule has 5 aliphatic heterocycles. The molecule has 4 aromatic rings. The van der Waals surface area contributed by atoms with E-state index in [4.69, 9.17) is 15.2 Å². The zero-order valence-electron chi connectivity index (χ0n) is 35.8. The number of phenolic OH excluding ortho intramolecular Hbond substituents is 1. The summed E-state index contributed by atoms with van der Waals surface area (Å²) in [6, 6.07) is 22.4. The molecule has 3 aromatic carbocycles. The first-order chi connectivity index (χ1) is 30.6. The van der Waals surface area contributed by atoms with Crippen molar-refractivity contribution in [2.24, 2.45) is 0 Å². The minimum atomic E-state index is -0.383. The monoisotopic (exact) mass is 859 g/mol. The van der Waals surface area contributed by atoms with Gasteiger partial charge in [0, 0.05) is 68.8 Å². The van der Waals surface area contributed by atoms with Crippen molar-refractivity contribution in [3.8, 4) is 28.5 Å². The van der Waals surface area contributed by atoms with Crippen LogP contribution in [-0.2, 0) is 14.4 Å². The van der Waals surface area contributed by atoms with Crippen LogP contribution in [0.4, 0.5) is 22.9 Å². The molecule has 0 spiro atoms. The number of aromatic nitrogens is 2. The third kappa shape index (κ3) is 8.91. The van der Waals surface area contributed by atoms with E-state index in [2.05, 4.69) is 48.1 Å². The van der Waals surface area contributed by atoms with Crippen LogP contribution in [0.5, 0.6) is 17.2 Å². The zero-order valence-corrected chi connectivity index (χ0v) is 35.8. The number of piperidine rings is 3. The van der Waals surface area contributed by atoms with Gasteiger partial charge in [-0.3, -0.25) is 24.6 Å². The first kappa shape index (κ1) is 42.2. The van der Waals surface area contributed by atoms with Crippen molar-refractivity contribution in [2.45, 2.75) is 75.6 Å². The number of imide groups is 1. The summed E-state index contributed by atoms with van der Waals surface area (Å²) in [7, 11) is 0. The highest BCUT2D eigenvalue weighted by Crippen LogP contribution is 2.43. The van der Waals surface area contributed by atoms with Crippen LogP contribution in [0.3, 0.4) is 0 Å². The van der Waals surface area contributed by atoms with Crippen molar-refractivity contribution in [1.29, 1.82) is 0 Å². The molecule has 3 unspecified atom stereocenters. The fourth-order valence-corrected chi connectivity index (χ4v) is 10.2. The standard InChI is InChI=1S/C47H57N9O7/c1-30-26-54(41-25-38(50-51-46(41)48)37-8-2-3-11-42(37)58)27-33(29-57)56(30)32-6-4-7-35(24-32)63-34-16-20-53(21-17-34)44(60)28-52-18-14-31(15-19-52)36-9-5-10-39-45(36)62-23-22-55(39)40-12-13-43(59)49-47(40)61/h2-11,24-25,30-31,33-34,40,57-58H,12-23,26-29H2,1H3,(H2,48,51)(H,49,59,61). The van der Waals surface area contributed by atoms with Gasteiger partial charge in [0.15, 0.2) is 5.82 Å². The number of hydrogen-bond acceptors (Lipinski definition) is 14. The van der Waals surface area contributed by atoms with Crippen molar-refractivity contribution in [3.05, 3.63) is 78.4 Å². The van der Waals surface area contributed by atoms with Gasteiger partial charge in [-0.05, 0) is 87.2 Å². The molecule has 6 heterocycles. The predicted molar refractivity (Wildman–Crippen MR) is 239 cm³/mol. The highest BCUT2D eigenvalue weighted by Gasteiger charge is 2.37. The van der Waals surface area contributed by atoms with Crippen molar-refractivity contribution >= 4 is 40.6 Å². The number of nitrogens with one attached hydrogen (secondary N) is 1. The summed E-state index contributed by atoms with van der Waals surface area (Å²) in [5.74, 6) is 1.98. The van der Waals surface area contributed by atoms with Crippen LogP contribution in [0.25, 0.3) is 11.3 Å². The number of likely N-dealkylation sites (tertiary alicyclic amines) is 2. The Morgan fingerprint density at radius 3 is 2.48 bits per heavy atom. The first-order valence-corrected chi connectivity index (χ1v) is 22.3. The molecule has 0 bridgehead atoms. The van der Waals surface area contributed by atoms with Gasteiger partial charge < -0.3 is 45.0 Å². The molecule has 4 saturated heterocycles. The Hall–Kier alpha value is -6.13. The molecule has 16 nitrogen and oxygen atoms in total. The largest absolute Gasteiger partial charge is 0.507 e. The van der Waals surface area contributed by atoms with E-state index in [-0.39, 0.29) is 66.0 Å². The Labute approximate surface area is 367 Å².